The van der Waals surface area contributed by atoms with Crippen molar-refractivity contribution in [2.45, 2.75) is 156 Å². The Hall–Kier alpha value is -6.14. The summed E-state index contributed by atoms with van der Waals surface area (Å²) in [6.45, 7) is 28.0. The summed E-state index contributed by atoms with van der Waals surface area (Å²) in [6, 6.07) is 32.8. The van der Waals surface area contributed by atoms with Crippen molar-refractivity contribution in [3.63, 3.8) is 0 Å². The fourth-order valence-electron chi connectivity index (χ4n) is 9.64. The monoisotopic (exact) mass is 941 g/mol. The number of benzene rings is 6. The Morgan fingerprint density at radius 1 is 0.400 bits per heavy atom. The first-order valence-corrected chi connectivity index (χ1v) is 25.3. The fraction of sp³-hybridized carbons (Fsp3) is 0.406. The molecule has 70 heavy (non-hydrogen) atoms. The summed E-state index contributed by atoms with van der Waals surface area (Å²) >= 11 is 0. The third-order valence-electron chi connectivity index (χ3n) is 14.1. The third kappa shape index (κ3) is 12.4. The Bertz CT molecular complexity index is 2540. The molecule has 0 spiro atoms. The minimum atomic E-state index is -0.186. The standard InChI is InChI=1S/C64H76O6/c1-61(2,3)51-31-43-27-47-35-53(63(7,8)9)37-49(59(47)67)29-45-33-52(62(4,5)6)34-46(58(45)16-14-26-70-56-23-19-42(40-66)20-24-56)30-50-38-54(64(10,11)12)36-48(60(50)68)28-44(32-51)57(43)15-13-25-69-55-21-17-41(39-65)18-22-55/h17-24,31-40,67-68H,13-16,25-30H2,1-12H3. The van der Waals surface area contributed by atoms with Crippen LogP contribution in [-0.2, 0) is 60.2 Å². The van der Waals surface area contributed by atoms with Gasteiger partial charge in [-0.1, -0.05) is 132 Å². The quantitative estimate of drug-likeness (QED) is 0.0936. The van der Waals surface area contributed by atoms with Gasteiger partial charge in [0.15, 0.2) is 0 Å². The molecule has 6 heteroatoms. The van der Waals surface area contributed by atoms with Gasteiger partial charge in [-0.3, -0.25) is 9.59 Å². The van der Waals surface area contributed by atoms with Crippen LogP contribution in [0.25, 0.3) is 0 Å². The van der Waals surface area contributed by atoms with Crippen molar-refractivity contribution in [3.05, 3.63) is 186 Å². The van der Waals surface area contributed by atoms with Gasteiger partial charge in [0.25, 0.3) is 0 Å². The highest BCUT2D eigenvalue weighted by Gasteiger charge is 2.28. The van der Waals surface area contributed by atoms with Crippen molar-refractivity contribution in [3.8, 4) is 23.0 Å². The number of carbonyl (C=O) groups excluding carboxylic acids is 2. The predicted octanol–water partition coefficient (Wildman–Crippen LogP) is 14.6. The van der Waals surface area contributed by atoms with Crippen LogP contribution >= 0.6 is 0 Å². The zero-order valence-corrected chi connectivity index (χ0v) is 44.0. The van der Waals surface area contributed by atoms with Gasteiger partial charge in [-0.15, -0.1) is 0 Å². The van der Waals surface area contributed by atoms with E-state index in [4.69, 9.17) is 9.47 Å². The van der Waals surface area contributed by atoms with Gasteiger partial charge in [0, 0.05) is 36.8 Å². The van der Waals surface area contributed by atoms with Crippen LogP contribution in [-0.4, -0.2) is 36.0 Å². The van der Waals surface area contributed by atoms with Crippen molar-refractivity contribution in [1.29, 1.82) is 0 Å². The maximum absolute atomic E-state index is 12.7. The van der Waals surface area contributed by atoms with Gasteiger partial charge in [0.2, 0.25) is 0 Å². The van der Waals surface area contributed by atoms with Gasteiger partial charge >= 0.3 is 0 Å². The number of fused-ring (bicyclic) bond motifs is 8. The number of carbonyl (C=O) groups is 2. The lowest BCUT2D eigenvalue weighted by Crippen LogP contribution is -2.17. The number of phenolic OH excluding ortho intramolecular Hbond substituents is 2. The number of phenols is 2. The third-order valence-corrected chi connectivity index (χ3v) is 14.1. The molecule has 0 atom stereocenters. The van der Waals surface area contributed by atoms with E-state index in [0.29, 0.717) is 61.5 Å². The second kappa shape index (κ2) is 20.7. The zero-order valence-electron chi connectivity index (χ0n) is 44.0. The summed E-state index contributed by atoms with van der Waals surface area (Å²) in [5.41, 5.74) is 16.0. The Kier molecular flexibility index (Phi) is 15.3. The first-order valence-electron chi connectivity index (χ1n) is 25.3. The molecule has 0 aromatic heterocycles. The molecular weight excluding hydrogens is 865 g/mol. The van der Waals surface area contributed by atoms with Crippen molar-refractivity contribution in [2.24, 2.45) is 0 Å². The summed E-state index contributed by atoms with van der Waals surface area (Å²) in [7, 11) is 0. The Morgan fingerprint density at radius 2 is 0.643 bits per heavy atom. The van der Waals surface area contributed by atoms with Gasteiger partial charge in [0.05, 0.1) is 13.2 Å². The van der Waals surface area contributed by atoms with Gasteiger partial charge in [-0.25, -0.2) is 0 Å². The molecule has 7 rings (SSSR count). The van der Waals surface area contributed by atoms with Crippen molar-refractivity contribution >= 4 is 12.6 Å². The smallest absolute Gasteiger partial charge is 0.150 e. The molecule has 0 heterocycles. The molecule has 368 valence electrons. The first kappa shape index (κ1) is 51.7. The number of ether oxygens (including phenoxy) is 2. The molecule has 0 aliphatic heterocycles. The normalized spacial score (nSPS) is 13.2. The van der Waals surface area contributed by atoms with Crippen LogP contribution in [0.3, 0.4) is 0 Å². The largest absolute Gasteiger partial charge is 0.507 e. The van der Waals surface area contributed by atoms with Crippen molar-refractivity contribution in [1.82, 2.24) is 0 Å². The first-order chi connectivity index (χ1) is 32.9. The van der Waals surface area contributed by atoms with E-state index in [0.717, 1.165) is 72.0 Å². The molecule has 0 radical (unpaired) electrons. The molecule has 6 aromatic rings. The highest BCUT2D eigenvalue weighted by molar-refractivity contribution is 5.75. The molecule has 8 bridgehead atoms. The van der Waals surface area contributed by atoms with E-state index in [2.05, 4.69) is 132 Å². The molecule has 0 fully saturated rings. The summed E-state index contributed by atoms with van der Waals surface area (Å²) in [5, 5.41) is 25.5. The molecule has 6 aromatic carbocycles. The van der Waals surface area contributed by atoms with Gasteiger partial charge in [-0.05, 0) is 174 Å². The molecule has 1 aliphatic carbocycles. The van der Waals surface area contributed by atoms with E-state index in [1.165, 1.54) is 55.6 Å². The van der Waals surface area contributed by atoms with Crippen LogP contribution in [0.15, 0.2) is 97.1 Å². The van der Waals surface area contributed by atoms with Crippen molar-refractivity contribution < 1.29 is 29.3 Å². The van der Waals surface area contributed by atoms with Crippen LogP contribution < -0.4 is 9.47 Å². The van der Waals surface area contributed by atoms with Crippen molar-refractivity contribution in [2.75, 3.05) is 13.2 Å². The lowest BCUT2D eigenvalue weighted by Gasteiger charge is -2.28. The highest BCUT2D eigenvalue weighted by Crippen LogP contribution is 2.41. The number of aldehydes is 2. The SMILES string of the molecule is CC(C)(C)c1cc2c(O)c(c1)Cc1cc(C(C)(C)C)cc(c1CCCOc1ccc(C=O)cc1)Cc1cc(C(C)(C)C)cc(c1O)Cc1cc(C(C)(C)C)cc(c1CCCOc1ccc(C=O)cc1)C2. The maximum atomic E-state index is 12.7. The Morgan fingerprint density at radius 3 is 0.871 bits per heavy atom. The fourth-order valence-corrected chi connectivity index (χ4v) is 9.64. The number of aromatic hydroxyl groups is 2. The lowest BCUT2D eigenvalue weighted by molar-refractivity contribution is 0.111. The van der Waals surface area contributed by atoms with E-state index >= 15 is 0 Å². The minimum absolute atomic E-state index is 0.170. The Labute approximate surface area is 418 Å². The molecule has 6 nitrogen and oxygen atoms in total. The number of rotatable bonds is 12. The molecule has 0 unspecified atom stereocenters. The molecule has 0 saturated heterocycles. The lowest BCUT2D eigenvalue weighted by atomic mass is 9.77. The molecule has 2 N–H and O–H groups in total. The van der Waals surface area contributed by atoms with Crippen LogP contribution in [0.4, 0.5) is 0 Å². The number of hydrogen-bond donors (Lipinski definition) is 2. The summed E-state index contributed by atoms with van der Waals surface area (Å²) in [4.78, 5) is 22.6. The van der Waals surface area contributed by atoms with Crippen LogP contribution in [0, 0.1) is 0 Å². The van der Waals surface area contributed by atoms with Crippen LogP contribution in [0.1, 0.15) is 195 Å². The van der Waals surface area contributed by atoms with Gasteiger partial charge in [0.1, 0.15) is 35.6 Å². The summed E-state index contributed by atoms with van der Waals surface area (Å²) < 4.78 is 12.5. The molecule has 0 amide bonds. The van der Waals surface area contributed by atoms with Crippen LogP contribution in [0.2, 0.25) is 0 Å². The highest BCUT2D eigenvalue weighted by atomic mass is 16.5. The van der Waals surface area contributed by atoms with Gasteiger partial charge in [-0.2, -0.15) is 0 Å². The molecule has 1 aliphatic rings. The van der Waals surface area contributed by atoms with E-state index in [-0.39, 0.29) is 21.7 Å². The van der Waals surface area contributed by atoms with Gasteiger partial charge < -0.3 is 19.7 Å². The predicted molar refractivity (Wildman–Crippen MR) is 286 cm³/mol. The zero-order chi connectivity index (χ0) is 50.8. The second-order valence-corrected chi connectivity index (χ2v) is 23.8. The Balaban J connectivity index is 1.43. The summed E-state index contributed by atoms with van der Waals surface area (Å²) in [6.07, 6.45) is 6.78. The van der Waals surface area contributed by atoms with Crippen LogP contribution in [0.5, 0.6) is 23.0 Å². The van der Waals surface area contributed by atoms with E-state index < -0.39 is 0 Å². The topological polar surface area (TPSA) is 93.1 Å². The minimum Gasteiger partial charge on any atom is -0.507 e. The average molecular weight is 941 g/mol. The van der Waals surface area contributed by atoms with E-state index in [1.54, 1.807) is 24.3 Å². The second-order valence-electron chi connectivity index (χ2n) is 23.8. The molecular formula is C64H76O6. The summed E-state index contributed by atoms with van der Waals surface area (Å²) in [5.74, 6) is 2.12. The van der Waals surface area contributed by atoms with E-state index in [1.807, 2.05) is 24.3 Å². The van der Waals surface area contributed by atoms with E-state index in [9.17, 15) is 19.8 Å². The molecule has 0 saturated carbocycles. The average Bonchev–Trinajstić information content (AvgIpc) is 3.28. The number of hydrogen-bond acceptors (Lipinski definition) is 6. The maximum Gasteiger partial charge on any atom is 0.150 e.